The van der Waals surface area contributed by atoms with Crippen molar-refractivity contribution in [2.45, 2.75) is 44.4 Å². The van der Waals surface area contributed by atoms with Crippen LogP contribution in [-0.4, -0.2) is 42.9 Å². The Balaban J connectivity index is 0.00000261. The summed E-state index contributed by atoms with van der Waals surface area (Å²) >= 11 is 0. The molecule has 3 rings (SSSR count). The van der Waals surface area contributed by atoms with Crippen molar-refractivity contribution in [3.63, 3.8) is 0 Å². The molecular weight excluding hydrogens is 458 g/mol. The van der Waals surface area contributed by atoms with Crippen molar-refractivity contribution in [2.24, 2.45) is 16.6 Å². The lowest BCUT2D eigenvalue weighted by Crippen LogP contribution is -2.47. The molecule has 1 heterocycles. The van der Waals surface area contributed by atoms with Crippen molar-refractivity contribution in [3.8, 4) is 0 Å². The van der Waals surface area contributed by atoms with E-state index >= 15 is 0 Å². The number of amides is 1. The number of primary amides is 1. The second-order valence-corrected chi connectivity index (χ2v) is 7.59. The molecule has 1 unspecified atom stereocenters. The Morgan fingerprint density at radius 3 is 2.85 bits per heavy atom. The molecule has 0 radical (unpaired) electrons. The first-order valence-corrected chi connectivity index (χ1v) is 9.60. The maximum atomic E-state index is 13.6. The van der Waals surface area contributed by atoms with Gasteiger partial charge in [0.25, 0.3) is 0 Å². The Hall–Kier alpha value is -1.38. The van der Waals surface area contributed by atoms with E-state index in [-0.39, 0.29) is 41.1 Å². The molecule has 27 heavy (non-hydrogen) atoms. The van der Waals surface area contributed by atoms with E-state index in [0.717, 1.165) is 56.8 Å². The van der Waals surface area contributed by atoms with Crippen molar-refractivity contribution in [1.82, 2.24) is 10.2 Å². The van der Waals surface area contributed by atoms with E-state index in [4.69, 9.17) is 10.7 Å². The van der Waals surface area contributed by atoms with Gasteiger partial charge in [0.1, 0.15) is 5.82 Å². The van der Waals surface area contributed by atoms with E-state index in [1.807, 2.05) is 6.07 Å². The van der Waals surface area contributed by atoms with Crippen LogP contribution in [0.5, 0.6) is 0 Å². The number of nitrogens with zero attached hydrogens (tertiary/aromatic N) is 2. The van der Waals surface area contributed by atoms with Crippen LogP contribution in [0.2, 0.25) is 0 Å². The number of carbonyl (C=O) groups excluding carboxylic acids is 1. The lowest BCUT2D eigenvalue weighted by Gasteiger charge is -2.35. The number of hydrogen-bond donors (Lipinski definition) is 2. The van der Waals surface area contributed by atoms with E-state index in [0.29, 0.717) is 18.9 Å². The molecule has 1 aliphatic carbocycles. The third-order valence-corrected chi connectivity index (χ3v) is 5.47. The minimum absolute atomic E-state index is 0. The van der Waals surface area contributed by atoms with Crippen LogP contribution in [0.3, 0.4) is 0 Å². The summed E-state index contributed by atoms with van der Waals surface area (Å²) in [4.78, 5) is 18.4. The molecule has 1 saturated heterocycles. The zero-order valence-electron chi connectivity index (χ0n) is 15.9. The number of carbonyl (C=O) groups is 1. The Labute approximate surface area is 178 Å². The number of aliphatic imine (C=N–C) groups is 1. The molecule has 1 saturated carbocycles. The van der Waals surface area contributed by atoms with Gasteiger partial charge >= 0.3 is 0 Å². The second-order valence-electron chi connectivity index (χ2n) is 7.59. The van der Waals surface area contributed by atoms with Gasteiger partial charge < -0.3 is 16.0 Å². The number of nitrogens with one attached hydrogen (secondary N) is 1. The summed E-state index contributed by atoms with van der Waals surface area (Å²) in [5, 5.41) is 3.38. The highest BCUT2D eigenvalue weighted by Crippen LogP contribution is 2.48. The molecule has 1 aromatic carbocycles. The number of likely N-dealkylation sites (tertiary alicyclic amines) is 1. The van der Waals surface area contributed by atoms with Crippen molar-refractivity contribution in [3.05, 3.63) is 35.6 Å². The van der Waals surface area contributed by atoms with Gasteiger partial charge in [-0.15, -0.1) is 24.0 Å². The molecule has 1 aliphatic heterocycles. The first-order chi connectivity index (χ1) is 12.5. The number of nitrogens with two attached hydrogens (primary N) is 1. The average Bonchev–Trinajstić information content (AvgIpc) is 3.39. The van der Waals surface area contributed by atoms with E-state index in [2.05, 4.69) is 17.1 Å². The first-order valence-electron chi connectivity index (χ1n) is 9.60. The summed E-state index contributed by atoms with van der Waals surface area (Å²) < 4.78 is 13.6. The zero-order chi connectivity index (χ0) is 18.6. The van der Waals surface area contributed by atoms with Gasteiger partial charge in [0.2, 0.25) is 5.91 Å². The van der Waals surface area contributed by atoms with Gasteiger partial charge in [0, 0.05) is 31.5 Å². The molecule has 0 bridgehead atoms. The maximum absolute atomic E-state index is 13.6. The Morgan fingerprint density at radius 2 is 2.22 bits per heavy atom. The van der Waals surface area contributed by atoms with Crippen molar-refractivity contribution < 1.29 is 9.18 Å². The molecule has 5 nitrogen and oxygen atoms in total. The van der Waals surface area contributed by atoms with Gasteiger partial charge in [0.05, 0.1) is 6.54 Å². The highest BCUT2D eigenvalue weighted by atomic mass is 127. The molecule has 2 aliphatic rings. The normalized spacial score (nSPS) is 21.3. The highest BCUT2D eigenvalue weighted by Gasteiger charge is 2.44. The minimum Gasteiger partial charge on any atom is -0.370 e. The molecular formula is C20H30FIN4O. The SMILES string of the molecule is CCNC(=NCC1(c2cccc(F)c2)CC1)N1CCCC(CC(N)=O)C1.I. The number of benzene rings is 1. The second kappa shape index (κ2) is 9.71. The predicted molar refractivity (Wildman–Crippen MR) is 117 cm³/mol. The number of rotatable bonds is 6. The molecule has 0 spiro atoms. The molecule has 0 aromatic heterocycles. The van der Waals surface area contributed by atoms with E-state index in [1.54, 1.807) is 12.1 Å². The van der Waals surface area contributed by atoms with Crippen LogP contribution >= 0.6 is 24.0 Å². The summed E-state index contributed by atoms with van der Waals surface area (Å²) in [6.45, 7) is 5.26. The van der Waals surface area contributed by atoms with Crippen LogP contribution in [-0.2, 0) is 10.2 Å². The first kappa shape index (κ1) is 21.9. The van der Waals surface area contributed by atoms with Gasteiger partial charge in [-0.1, -0.05) is 12.1 Å². The molecule has 7 heteroatoms. The number of halogens is 2. The number of hydrogen-bond acceptors (Lipinski definition) is 2. The smallest absolute Gasteiger partial charge is 0.217 e. The van der Waals surface area contributed by atoms with Crippen LogP contribution in [0, 0.1) is 11.7 Å². The predicted octanol–water partition coefficient (Wildman–Crippen LogP) is 3.03. The average molecular weight is 488 g/mol. The fraction of sp³-hybridized carbons (Fsp3) is 0.600. The fourth-order valence-corrected chi connectivity index (χ4v) is 3.87. The summed E-state index contributed by atoms with van der Waals surface area (Å²) in [5.41, 5.74) is 6.39. The van der Waals surface area contributed by atoms with Crippen LogP contribution in [0.25, 0.3) is 0 Å². The molecule has 2 fully saturated rings. The Bertz CT molecular complexity index is 678. The molecule has 3 N–H and O–H groups in total. The number of piperidine rings is 1. The molecule has 1 aromatic rings. The van der Waals surface area contributed by atoms with Crippen LogP contribution in [0.15, 0.2) is 29.3 Å². The molecule has 1 atom stereocenters. The Morgan fingerprint density at radius 1 is 1.44 bits per heavy atom. The van der Waals surface area contributed by atoms with Gasteiger partial charge in [-0.3, -0.25) is 9.79 Å². The third kappa shape index (κ3) is 5.80. The fourth-order valence-electron chi connectivity index (χ4n) is 3.87. The van der Waals surface area contributed by atoms with Crippen LogP contribution in [0.1, 0.15) is 44.6 Å². The summed E-state index contributed by atoms with van der Waals surface area (Å²) in [5.74, 6) is 0.768. The van der Waals surface area contributed by atoms with Gasteiger partial charge in [-0.25, -0.2) is 4.39 Å². The van der Waals surface area contributed by atoms with Crippen molar-refractivity contribution in [2.75, 3.05) is 26.2 Å². The van der Waals surface area contributed by atoms with E-state index < -0.39 is 0 Å². The summed E-state index contributed by atoms with van der Waals surface area (Å²) in [6.07, 6.45) is 4.60. The maximum Gasteiger partial charge on any atom is 0.217 e. The van der Waals surface area contributed by atoms with Gasteiger partial charge in [0.15, 0.2) is 5.96 Å². The monoisotopic (exact) mass is 488 g/mol. The van der Waals surface area contributed by atoms with Crippen molar-refractivity contribution >= 4 is 35.8 Å². The topological polar surface area (TPSA) is 70.7 Å². The molecule has 1 amide bonds. The van der Waals surface area contributed by atoms with Gasteiger partial charge in [-0.05, 0) is 56.2 Å². The number of guanidine groups is 1. The van der Waals surface area contributed by atoms with Crippen LogP contribution < -0.4 is 11.1 Å². The minimum atomic E-state index is -0.234. The highest BCUT2D eigenvalue weighted by molar-refractivity contribution is 14.0. The summed E-state index contributed by atoms with van der Waals surface area (Å²) in [7, 11) is 0. The van der Waals surface area contributed by atoms with E-state index in [9.17, 15) is 9.18 Å². The lowest BCUT2D eigenvalue weighted by atomic mass is 9.94. The standard InChI is InChI=1S/C20H29FN4O.HI/c1-2-23-19(25-10-4-5-15(13-25)11-18(22)26)24-14-20(8-9-20)16-6-3-7-17(21)12-16;/h3,6-7,12,15H,2,4-5,8-11,13-14H2,1H3,(H2,22,26)(H,23,24);1H. The Kier molecular flexibility index (Phi) is 7.88. The van der Waals surface area contributed by atoms with Gasteiger partial charge in [-0.2, -0.15) is 0 Å². The molecule has 150 valence electrons. The van der Waals surface area contributed by atoms with Crippen LogP contribution in [0.4, 0.5) is 4.39 Å². The quantitative estimate of drug-likeness (QED) is 0.368. The van der Waals surface area contributed by atoms with E-state index in [1.165, 1.54) is 6.07 Å². The van der Waals surface area contributed by atoms with Crippen molar-refractivity contribution in [1.29, 1.82) is 0 Å². The largest absolute Gasteiger partial charge is 0.370 e. The summed E-state index contributed by atoms with van der Waals surface area (Å²) in [6, 6.07) is 6.90. The third-order valence-electron chi connectivity index (χ3n) is 5.47. The lowest BCUT2D eigenvalue weighted by molar-refractivity contribution is -0.119. The zero-order valence-corrected chi connectivity index (χ0v) is 18.2.